The average molecular weight is 304 g/mol. The number of anilines is 1. The fourth-order valence-electron chi connectivity index (χ4n) is 2.48. The largest absolute Gasteiger partial charge is 0.399 e. The molecule has 0 aliphatic heterocycles. The Morgan fingerprint density at radius 3 is 2.05 bits per heavy atom. The summed E-state index contributed by atoms with van der Waals surface area (Å²) in [6, 6.07) is 10.9. The van der Waals surface area contributed by atoms with Crippen molar-refractivity contribution in [2.45, 2.75) is 32.2 Å². The first-order valence-corrected chi connectivity index (χ1v) is 8.20. The van der Waals surface area contributed by atoms with Gasteiger partial charge in [0.05, 0.1) is 4.90 Å². The molecule has 0 aliphatic rings. The molecule has 0 atom stereocenters. The third kappa shape index (κ3) is 3.62. The predicted molar refractivity (Wildman–Crippen MR) is 85.5 cm³/mol. The Balaban J connectivity index is 2.25. The zero-order valence-electron chi connectivity index (χ0n) is 12.5. The van der Waals surface area contributed by atoms with Gasteiger partial charge in [0.2, 0.25) is 10.0 Å². The highest BCUT2D eigenvalue weighted by atomic mass is 32.2. The topological polar surface area (TPSA) is 72.2 Å². The van der Waals surface area contributed by atoms with E-state index in [4.69, 9.17) is 5.73 Å². The maximum atomic E-state index is 12.5. The van der Waals surface area contributed by atoms with Crippen molar-refractivity contribution in [2.75, 3.05) is 5.73 Å². The van der Waals surface area contributed by atoms with Crippen LogP contribution in [-0.4, -0.2) is 8.42 Å². The van der Waals surface area contributed by atoms with Crippen LogP contribution in [0.3, 0.4) is 0 Å². The molecule has 0 saturated carbocycles. The van der Waals surface area contributed by atoms with Gasteiger partial charge in [0.1, 0.15) is 0 Å². The maximum Gasteiger partial charge on any atom is 0.241 e. The Labute approximate surface area is 126 Å². The van der Waals surface area contributed by atoms with Crippen LogP contribution in [0.5, 0.6) is 0 Å². The number of nitrogens with one attached hydrogen (secondary N) is 1. The van der Waals surface area contributed by atoms with E-state index in [2.05, 4.69) is 4.72 Å². The van der Waals surface area contributed by atoms with Gasteiger partial charge in [-0.25, -0.2) is 13.1 Å². The van der Waals surface area contributed by atoms with Crippen LogP contribution in [0.25, 0.3) is 0 Å². The van der Waals surface area contributed by atoms with Gasteiger partial charge in [-0.3, -0.25) is 0 Å². The van der Waals surface area contributed by atoms with Gasteiger partial charge in [-0.2, -0.15) is 0 Å². The summed E-state index contributed by atoms with van der Waals surface area (Å²) in [7, 11) is -3.53. The lowest BCUT2D eigenvalue weighted by Gasteiger charge is -2.13. The van der Waals surface area contributed by atoms with Gasteiger partial charge in [0, 0.05) is 12.2 Å². The number of nitrogens with two attached hydrogens (primary N) is 1. The molecule has 112 valence electrons. The minimum absolute atomic E-state index is 0.245. The lowest BCUT2D eigenvalue weighted by Crippen LogP contribution is -2.25. The normalized spacial score (nSPS) is 11.6. The Morgan fingerprint density at radius 2 is 1.52 bits per heavy atom. The minimum Gasteiger partial charge on any atom is -0.399 e. The zero-order valence-corrected chi connectivity index (χ0v) is 13.3. The molecule has 2 rings (SSSR count). The third-order valence-corrected chi connectivity index (χ3v) is 5.03. The van der Waals surface area contributed by atoms with Crippen LogP contribution >= 0.6 is 0 Å². The van der Waals surface area contributed by atoms with E-state index < -0.39 is 10.0 Å². The first kappa shape index (κ1) is 15.5. The molecule has 4 nitrogen and oxygen atoms in total. The van der Waals surface area contributed by atoms with E-state index in [1.807, 2.05) is 45.0 Å². The summed E-state index contributed by atoms with van der Waals surface area (Å²) in [5.41, 5.74) is 9.73. The molecule has 21 heavy (non-hydrogen) atoms. The van der Waals surface area contributed by atoms with E-state index in [0.717, 1.165) is 22.3 Å². The summed E-state index contributed by atoms with van der Waals surface area (Å²) >= 11 is 0. The monoisotopic (exact) mass is 304 g/mol. The Hall–Kier alpha value is -1.85. The van der Waals surface area contributed by atoms with E-state index in [1.54, 1.807) is 12.1 Å². The van der Waals surface area contributed by atoms with Crippen molar-refractivity contribution in [3.8, 4) is 0 Å². The molecular weight excluding hydrogens is 284 g/mol. The number of hydrogen-bond acceptors (Lipinski definition) is 3. The first-order chi connectivity index (χ1) is 9.79. The molecular formula is C16H20N2O2S. The van der Waals surface area contributed by atoms with Crippen LogP contribution in [0.1, 0.15) is 22.3 Å². The van der Waals surface area contributed by atoms with Crippen molar-refractivity contribution < 1.29 is 8.42 Å². The number of benzene rings is 2. The summed E-state index contributed by atoms with van der Waals surface area (Å²) in [5.74, 6) is 0. The molecule has 0 amide bonds. The summed E-state index contributed by atoms with van der Waals surface area (Å²) < 4.78 is 27.6. The SMILES string of the molecule is Cc1cc(C)c(S(=O)(=O)NCc2ccc(N)cc2)c(C)c1. The smallest absolute Gasteiger partial charge is 0.241 e. The van der Waals surface area contributed by atoms with Gasteiger partial charge in [0.15, 0.2) is 0 Å². The van der Waals surface area contributed by atoms with Crippen molar-refractivity contribution >= 4 is 15.7 Å². The second-order valence-corrected chi connectivity index (χ2v) is 7.00. The van der Waals surface area contributed by atoms with Gasteiger partial charge >= 0.3 is 0 Å². The number of nitrogen functional groups attached to an aromatic ring is 1. The van der Waals surface area contributed by atoms with E-state index in [-0.39, 0.29) is 6.54 Å². The molecule has 0 bridgehead atoms. The van der Waals surface area contributed by atoms with Crippen molar-refractivity contribution in [2.24, 2.45) is 0 Å². The summed E-state index contributed by atoms with van der Waals surface area (Å²) in [4.78, 5) is 0.364. The molecule has 2 aromatic carbocycles. The van der Waals surface area contributed by atoms with Crippen LogP contribution in [0.15, 0.2) is 41.3 Å². The summed E-state index contributed by atoms with van der Waals surface area (Å²) in [6.45, 7) is 5.84. The first-order valence-electron chi connectivity index (χ1n) is 6.71. The number of rotatable bonds is 4. The van der Waals surface area contributed by atoms with Crippen LogP contribution in [0.2, 0.25) is 0 Å². The van der Waals surface area contributed by atoms with E-state index in [0.29, 0.717) is 10.6 Å². The molecule has 0 unspecified atom stereocenters. The molecule has 0 aromatic heterocycles. The highest BCUT2D eigenvalue weighted by molar-refractivity contribution is 7.89. The maximum absolute atomic E-state index is 12.5. The van der Waals surface area contributed by atoms with Gasteiger partial charge in [-0.05, 0) is 49.6 Å². The highest BCUT2D eigenvalue weighted by Gasteiger charge is 2.19. The van der Waals surface area contributed by atoms with Crippen molar-refractivity contribution in [3.05, 3.63) is 58.7 Å². The van der Waals surface area contributed by atoms with Crippen LogP contribution in [0.4, 0.5) is 5.69 Å². The fraction of sp³-hybridized carbons (Fsp3) is 0.250. The molecule has 3 N–H and O–H groups in total. The highest BCUT2D eigenvalue weighted by Crippen LogP contribution is 2.21. The van der Waals surface area contributed by atoms with Gasteiger partial charge in [-0.1, -0.05) is 29.8 Å². The van der Waals surface area contributed by atoms with E-state index in [1.165, 1.54) is 0 Å². The van der Waals surface area contributed by atoms with Gasteiger partial charge < -0.3 is 5.73 Å². The van der Waals surface area contributed by atoms with Crippen LogP contribution in [-0.2, 0) is 16.6 Å². The second-order valence-electron chi connectivity index (χ2n) is 5.29. The quantitative estimate of drug-likeness (QED) is 0.853. The van der Waals surface area contributed by atoms with E-state index in [9.17, 15) is 8.42 Å². The number of hydrogen-bond donors (Lipinski definition) is 2. The second kappa shape index (κ2) is 5.87. The molecule has 0 saturated heterocycles. The molecule has 5 heteroatoms. The lowest BCUT2D eigenvalue weighted by atomic mass is 10.1. The average Bonchev–Trinajstić information content (AvgIpc) is 2.36. The lowest BCUT2D eigenvalue weighted by molar-refractivity contribution is 0.580. The van der Waals surface area contributed by atoms with Crippen LogP contribution < -0.4 is 10.5 Å². The Morgan fingerprint density at radius 1 is 1.00 bits per heavy atom. The van der Waals surface area contributed by atoms with Crippen molar-refractivity contribution in [1.29, 1.82) is 0 Å². The van der Waals surface area contributed by atoms with Gasteiger partial charge in [0.25, 0.3) is 0 Å². The molecule has 0 heterocycles. The predicted octanol–water partition coefficient (Wildman–Crippen LogP) is 2.67. The van der Waals surface area contributed by atoms with Crippen molar-refractivity contribution in [3.63, 3.8) is 0 Å². The molecule has 0 radical (unpaired) electrons. The molecule has 0 fully saturated rings. The summed E-state index contributed by atoms with van der Waals surface area (Å²) in [5, 5.41) is 0. The van der Waals surface area contributed by atoms with Crippen LogP contribution in [0, 0.1) is 20.8 Å². The Bertz CT molecular complexity index is 727. The van der Waals surface area contributed by atoms with Gasteiger partial charge in [-0.15, -0.1) is 0 Å². The molecule has 0 spiro atoms. The fourth-order valence-corrected chi connectivity index (χ4v) is 3.94. The minimum atomic E-state index is -3.53. The standard InChI is InChI=1S/C16H20N2O2S/c1-11-8-12(2)16(13(3)9-11)21(19,20)18-10-14-4-6-15(17)7-5-14/h4-9,18H,10,17H2,1-3H3. The third-order valence-electron chi connectivity index (χ3n) is 3.32. The Kier molecular flexibility index (Phi) is 4.34. The summed E-state index contributed by atoms with van der Waals surface area (Å²) in [6.07, 6.45) is 0. The number of aryl methyl sites for hydroxylation is 3. The molecule has 0 aliphatic carbocycles. The number of sulfonamides is 1. The van der Waals surface area contributed by atoms with E-state index >= 15 is 0 Å². The zero-order chi connectivity index (χ0) is 15.6. The molecule has 2 aromatic rings. The van der Waals surface area contributed by atoms with Crippen molar-refractivity contribution in [1.82, 2.24) is 4.72 Å².